The van der Waals surface area contributed by atoms with Gasteiger partial charge in [-0.15, -0.1) is 0 Å². The van der Waals surface area contributed by atoms with Crippen LogP contribution in [0.1, 0.15) is 41.0 Å². The first-order chi connectivity index (χ1) is 10.5. The smallest absolute Gasteiger partial charge is 0.255 e. The molecule has 5 heteroatoms. The van der Waals surface area contributed by atoms with Crippen LogP contribution in [-0.4, -0.2) is 20.8 Å². The molecule has 1 heterocycles. The average molecular weight is 301 g/mol. The van der Waals surface area contributed by atoms with Crippen LogP contribution < -0.4 is 5.32 Å². The standard InChI is InChI=1S/C17H23N3O2/c1-12(2)10-20-13(3)16(9-19-20)17(22)18-8-14-6-4-5-7-15(14)11-21/h4-7,9,12,21H,8,10-11H2,1-3H3,(H,18,22). The van der Waals surface area contributed by atoms with Gasteiger partial charge in [-0.1, -0.05) is 38.1 Å². The lowest BCUT2D eigenvalue weighted by Gasteiger charge is -2.10. The molecule has 0 saturated heterocycles. The van der Waals surface area contributed by atoms with Gasteiger partial charge in [-0.2, -0.15) is 5.10 Å². The normalized spacial score (nSPS) is 11.0. The summed E-state index contributed by atoms with van der Waals surface area (Å²) in [6, 6.07) is 7.53. The lowest BCUT2D eigenvalue weighted by atomic mass is 10.1. The molecule has 118 valence electrons. The van der Waals surface area contributed by atoms with Crippen molar-refractivity contribution in [1.29, 1.82) is 0 Å². The molecule has 5 nitrogen and oxygen atoms in total. The number of benzene rings is 1. The summed E-state index contributed by atoms with van der Waals surface area (Å²) in [5.74, 6) is 0.339. The second kappa shape index (κ2) is 7.22. The fraction of sp³-hybridized carbons (Fsp3) is 0.412. The van der Waals surface area contributed by atoms with Crippen LogP contribution in [0.25, 0.3) is 0 Å². The number of aliphatic hydroxyl groups excluding tert-OH is 1. The first-order valence-electron chi connectivity index (χ1n) is 7.51. The van der Waals surface area contributed by atoms with Crippen LogP contribution in [0.5, 0.6) is 0 Å². The van der Waals surface area contributed by atoms with Gasteiger partial charge in [0, 0.05) is 18.8 Å². The molecule has 0 bridgehead atoms. The highest BCUT2D eigenvalue weighted by molar-refractivity contribution is 5.95. The monoisotopic (exact) mass is 301 g/mol. The lowest BCUT2D eigenvalue weighted by molar-refractivity contribution is 0.0949. The van der Waals surface area contributed by atoms with E-state index in [1.807, 2.05) is 35.9 Å². The maximum Gasteiger partial charge on any atom is 0.255 e. The van der Waals surface area contributed by atoms with E-state index < -0.39 is 0 Å². The van der Waals surface area contributed by atoms with Gasteiger partial charge in [0.15, 0.2) is 0 Å². The predicted octanol–water partition coefficient (Wildman–Crippen LogP) is 2.27. The van der Waals surface area contributed by atoms with Crippen LogP contribution in [0, 0.1) is 12.8 Å². The van der Waals surface area contributed by atoms with Crippen LogP contribution in [0.4, 0.5) is 0 Å². The molecule has 2 N–H and O–H groups in total. The number of nitrogens with one attached hydrogen (secondary N) is 1. The highest BCUT2D eigenvalue weighted by Gasteiger charge is 2.14. The van der Waals surface area contributed by atoms with E-state index in [2.05, 4.69) is 24.3 Å². The minimum atomic E-state index is -0.139. The van der Waals surface area contributed by atoms with Crippen molar-refractivity contribution < 1.29 is 9.90 Å². The van der Waals surface area contributed by atoms with Crippen molar-refractivity contribution in [2.75, 3.05) is 0 Å². The van der Waals surface area contributed by atoms with Crippen molar-refractivity contribution in [2.24, 2.45) is 5.92 Å². The quantitative estimate of drug-likeness (QED) is 0.860. The number of nitrogens with zero attached hydrogens (tertiary/aromatic N) is 2. The van der Waals surface area contributed by atoms with E-state index in [1.54, 1.807) is 6.20 Å². The first-order valence-corrected chi connectivity index (χ1v) is 7.51. The van der Waals surface area contributed by atoms with Gasteiger partial charge in [-0.05, 0) is 24.0 Å². The maximum atomic E-state index is 12.3. The number of aromatic nitrogens is 2. The molecular weight excluding hydrogens is 278 g/mol. The number of carbonyl (C=O) groups excluding carboxylic acids is 1. The summed E-state index contributed by atoms with van der Waals surface area (Å²) >= 11 is 0. The summed E-state index contributed by atoms with van der Waals surface area (Å²) in [5.41, 5.74) is 3.23. The first kappa shape index (κ1) is 16.2. The molecule has 2 rings (SSSR count). The molecule has 0 spiro atoms. The molecule has 22 heavy (non-hydrogen) atoms. The molecule has 0 unspecified atom stereocenters. The van der Waals surface area contributed by atoms with Crippen LogP contribution in [0.15, 0.2) is 30.5 Å². The zero-order chi connectivity index (χ0) is 16.1. The Hall–Kier alpha value is -2.14. The third-order valence-electron chi connectivity index (χ3n) is 3.61. The summed E-state index contributed by atoms with van der Waals surface area (Å²) < 4.78 is 1.86. The molecule has 0 saturated carbocycles. The van der Waals surface area contributed by atoms with Crippen LogP contribution in [0.3, 0.4) is 0 Å². The van der Waals surface area contributed by atoms with Gasteiger partial charge in [0.1, 0.15) is 0 Å². The van der Waals surface area contributed by atoms with Gasteiger partial charge >= 0.3 is 0 Å². The molecule has 1 aromatic heterocycles. The summed E-state index contributed by atoms with van der Waals surface area (Å²) in [6.45, 7) is 7.31. The van der Waals surface area contributed by atoms with Crippen molar-refractivity contribution in [2.45, 2.75) is 40.5 Å². The summed E-state index contributed by atoms with van der Waals surface area (Å²) in [7, 11) is 0. The average Bonchev–Trinajstić information content (AvgIpc) is 2.85. The Kier molecular flexibility index (Phi) is 5.33. The third kappa shape index (κ3) is 3.74. The highest BCUT2D eigenvalue weighted by atomic mass is 16.3. The second-order valence-corrected chi connectivity index (χ2v) is 5.83. The van der Waals surface area contributed by atoms with Gasteiger partial charge in [0.05, 0.1) is 18.4 Å². The minimum Gasteiger partial charge on any atom is -0.392 e. The molecule has 0 aliphatic heterocycles. The maximum absolute atomic E-state index is 12.3. The van der Waals surface area contributed by atoms with E-state index in [0.29, 0.717) is 18.0 Å². The van der Waals surface area contributed by atoms with Crippen LogP contribution in [0.2, 0.25) is 0 Å². The summed E-state index contributed by atoms with van der Waals surface area (Å²) in [4.78, 5) is 12.3. The summed E-state index contributed by atoms with van der Waals surface area (Å²) in [6.07, 6.45) is 1.62. The molecule has 0 fully saturated rings. The molecule has 0 aliphatic rings. The number of carbonyl (C=O) groups is 1. The van der Waals surface area contributed by atoms with Crippen molar-refractivity contribution in [3.63, 3.8) is 0 Å². The number of hydrogen-bond acceptors (Lipinski definition) is 3. The molecule has 0 radical (unpaired) electrons. The summed E-state index contributed by atoms with van der Waals surface area (Å²) in [5, 5.41) is 16.5. The molecule has 1 aromatic carbocycles. The van der Waals surface area contributed by atoms with E-state index in [1.165, 1.54) is 0 Å². The Balaban J connectivity index is 2.05. The Morgan fingerprint density at radius 3 is 2.64 bits per heavy atom. The minimum absolute atomic E-state index is 0.0304. The Morgan fingerprint density at radius 1 is 1.32 bits per heavy atom. The van der Waals surface area contributed by atoms with Gasteiger partial charge < -0.3 is 10.4 Å². The fourth-order valence-electron chi connectivity index (χ4n) is 2.35. The van der Waals surface area contributed by atoms with E-state index in [0.717, 1.165) is 23.4 Å². The number of rotatable bonds is 6. The topological polar surface area (TPSA) is 67.2 Å². The van der Waals surface area contributed by atoms with Crippen molar-refractivity contribution in [3.8, 4) is 0 Å². The van der Waals surface area contributed by atoms with Crippen LogP contribution >= 0.6 is 0 Å². The van der Waals surface area contributed by atoms with Gasteiger partial charge in [-0.25, -0.2) is 0 Å². The second-order valence-electron chi connectivity index (χ2n) is 5.83. The Morgan fingerprint density at radius 2 is 2.00 bits per heavy atom. The van der Waals surface area contributed by atoms with Gasteiger partial charge in [0.25, 0.3) is 5.91 Å². The number of hydrogen-bond donors (Lipinski definition) is 2. The van der Waals surface area contributed by atoms with Crippen molar-refractivity contribution in [3.05, 3.63) is 52.8 Å². The van der Waals surface area contributed by atoms with E-state index in [4.69, 9.17) is 0 Å². The predicted molar refractivity (Wildman–Crippen MR) is 85.3 cm³/mol. The van der Waals surface area contributed by atoms with Crippen molar-refractivity contribution in [1.82, 2.24) is 15.1 Å². The van der Waals surface area contributed by atoms with Gasteiger partial charge in [0.2, 0.25) is 0 Å². The molecule has 1 amide bonds. The SMILES string of the molecule is Cc1c(C(=O)NCc2ccccc2CO)cnn1CC(C)C. The molecular formula is C17H23N3O2. The van der Waals surface area contributed by atoms with Crippen molar-refractivity contribution >= 4 is 5.91 Å². The Labute approximate surface area is 131 Å². The lowest BCUT2D eigenvalue weighted by Crippen LogP contribution is -2.24. The highest BCUT2D eigenvalue weighted by Crippen LogP contribution is 2.11. The van der Waals surface area contributed by atoms with Crippen LogP contribution in [-0.2, 0) is 19.7 Å². The zero-order valence-electron chi connectivity index (χ0n) is 13.3. The molecule has 0 aliphatic carbocycles. The molecule has 0 atom stereocenters. The van der Waals surface area contributed by atoms with E-state index in [-0.39, 0.29) is 12.5 Å². The Bertz CT molecular complexity index is 647. The zero-order valence-corrected chi connectivity index (χ0v) is 13.3. The molecule has 2 aromatic rings. The number of aliphatic hydroxyl groups is 1. The van der Waals surface area contributed by atoms with E-state index >= 15 is 0 Å². The fourth-order valence-corrected chi connectivity index (χ4v) is 2.35. The largest absolute Gasteiger partial charge is 0.392 e. The van der Waals surface area contributed by atoms with E-state index in [9.17, 15) is 9.90 Å². The number of amides is 1. The van der Waals surface area contributed by atoms with Gasteiger partial charge in [-0.3, -0.25) is 9.48 Å². The third-order valence-corrected chi connectivity index (χ3v) is 3.61.